The number of aryl methyl sites for hydroxylation is 1. The number of nitrogens with zero attached hydrogens (tertiary/aromatic N) is 2. The van der Waals surface area contributed by atoms with Crippen LogP contribution in [0.15, 0.2) is 41.3 Å². The molecule has 7 heteroatoms. The van der Waals surface area contributed by atoms with Crippen molar-refractivity contribution in [2.45, 2.75) is 19.8 Å². The van der Waals surface area contributed by atoms with Gasteiger partial charge in [-0.1, -0.05) is 0 Å². The Balaban J connectivity index is 1.91. The highest BCUT2D eigenvalue weighted by atomic mass is 19.1. The first-order valence-electron chi connectivity index (χ1n) is 8.45. The van der Waals surface area contributed by atoms with Gasteiger partial charge in [0.25, 0.3) is 11.5 Å². The van der Waals surface area contributed by atoms with Gasteiger partial charge >= 0.3 is 0 Å². The minimum atomic E-state index is -0.446. The minimum absolute atomic E-state index is 0.0920. The summed E-state index contributed by atoms with van der Waals surface area (Å²) in [4.78, 5) is 38.6. The number of nitrogens with two attached hydrogens (primary N) is 1. The second-order valence-corrected chi connectivity index (χ2v) is 6.49. The summed E-state index contributed by atoms with van der Waals surface area (Å²) in [6.07, 6.45) is 2.57. The Morgan fingerprint density at radius 3 is 2.31 bits per heavy atom. The minimum Gasteiger partial charge on any atom is -0.369 e. The van der Waals surface area contributed by atoms with E-state index in [1.165, 1.54) is 28.8 Å². The van der Waals surface area contributed by atoms with Crippen molar-refractivity contribution < 1.29 is 14.0 Å². The third kappa shape index (κ3) is 3.37. The normalized spacial score (nSPS) is 15.1. The number of aromatic nitrogens is 1. The molecule has 0 bridgehead atoms. The van der Waals surface area contributed by atoms with Gasteiger partial charge in [0.2, 0.25) is 5.91 Å². The van der Waals surface area contributed by atoms with Gasteiger partial charge < -0.3 is 10.6 Å². The first-order chi connectivity index (χ1) is 12.4. The number of amides is 2. The number of likely N-dealkylation sites (tertiary alicyclic amines) is 1. The van der Waals surface area contributed by atoms with E-state index in [-0.39, 0.29) is 23.3 Å². The highest BCUT2D eigenvalue weighted by molar-refractivity contribution is 5.95. The van der Waals surface area contributed by atoms with E-state index in [2.05, 4.69) is 0 Å². The number of rotatable bonds is 3. The zero-order valence-electron chi connectivity index (χ0n) is 14.4. The molecule has 6 nitrogen and oxygen atoms in total. The fourth-order valence-electron chi connectivity index (χ4n) is 3.22. The number of benzene rings is 1. The van der Waals surface area contributed by atoms with E-state index in [1.54, 1.807) is 24.1 Å². The van der Waals surface area contributed by atoms with Crippen LogP contribution in [0, 0.1) is 18.7 Å². The zero-order chi connectivity index (χ0) is 18.8. The van der Waals surface area contributed by atoms with Crippen LogP contribution in [0.25, 0.3) is 5.69 Å². The van der Waals surface area contributed by atoms with E-state index in [0.29, 0.717) is 37.2 Å². The Morgan fingerprint density at radius 2 is 1.73 bits per heavy atom. The van der Waals surface area contributed by atoms with Crippen LogP contribution in [0.5, 0.6) is 0 Å². The highest BCUT2D eigenvalue weighted by Crippen LogP contribution is 2.19. The highest BCUT2D eigenvalue weighted by Gasteiger charge is 2.28. The summed E-state index contributed by atoms with van der Waals surface area (Å²) in [7, 11) is 0. The van der Waals surface area contributed by atoms with Gasteiger partial charge in [-0.25, -0.2) is 4.39 Å². The number of hydrogen-bond acceptors (Lipinski definition) is 3. The lowest BCUT2D eigenvalue weighted by atomic mass is 9.95. The van der Waals surface area contributed by atoms with E-state index in [0.717, 1.165) is 0 Å². The van der Waals surface area contributed by atoms with Gasteiger partial charge in [0.1, 0.15) is 11.4 Å². The standard InChI is InChI=1S/C19H20FN3O3/c1-12-6-11-23(15-4-2-14(20)3-5-15)19(26)16(12)18(25)22-9-7-13(8-10-22)17(21)24/h2-6,11,13H,7-10H2,1H3,(H2,21,24). The van der Waals surface area contributed by atoms with Crippen molar-refractivity contribution >= 4 is 11.8 Å². The van der Waals surface area contributed by atoms with Crippen LogP contribution in [0.3, 0.4) is 0 Å². The number of halogens is 1. The van der Waals surface area contributed by atoms with E-state index < -0.39 is 11.4 Å². The third-order valence-corrected chi connectivity index (χ3v) is 4.80. The maximum atomic E-state index is 13.1. The Morgan fingerprint density at radius 1 is 1.12 bits per heavy atom. The first kappa shape index (κ1) is 17.8. The van der Waals surface area contributed by atoms with Crippen molar-refractivity contribution in [1.82, 2.24) is 9.47 Å². The molecular weight excluding hydrogens is 337 g/mol. The largest absolute Gasteiger partial charge is 0.369 e. The molecule has 0 atom stereocenters. The summed E-state index contributed by atoms with van der Waals surface area (Å²) >= 11 is 0. The van der Waals surface area contributed by atoms with Gasteiger partial charge in [0.15, 0.2) is 0 Å². The van der Waals surface area contributed by atoms with Crippen LogP contribution in [0.1, 0.15) is 28.8 Å². The summed E-state index contributed by atoms with van der Waals surface area (Å²) in [5.74, 6) is -1.34. The lowest BCUT2D eigenvalue weighted by Gasteiger charge is -2.30. The maximum absolute atomic E-state index is 13.1. The Hall–Kier alpha value is -2.96. The summed E-state index contributed by atoms with van der Waals surface area (Å²) in [5.41, 5.74) is 6.03. The Bertz CT molecular complexity index is 897. The molecule has 1 aliphatic heterocycles. The molecule has 0 radical (unpaired) electrons. The molecule has 0 aliphatic carbocycles. The van der Waals surface area contributed by atoms with E-state index in [4.69, 9.17) is 5.73 Å². The number of hydrogen-bond donors (Lipinski definition) is 1. The molecule has 1 fully saturated rings. The predicted molar refractivity (Wildman–Crippen MR) is 94.6 cm³/mol. The maximum Gasteiger partial charge on any atom is 0.268 e. The van der Waals surface area contributed by atoms with E-state index in [9.17, 15) is 18.8 Å². The molecule has 26 heavy (non-hydrogen) atoms. The van der Waals surface area contributed by atoms with Crippen LogP contribution >= 0.6 is 0 Å². The van der Waals surface area contributed by atoms with Crippen molar-refractivity contribution in [2.24, 2.45) is 11.7 Å². The molecule has 0 unspecified atom stereocenters. The molecule has 1 aromatic heterocycles. The van der Waals surface area contributed by atoms with Crippen molar-refractivity contribution in [2.75, 3.05) is 13.1 Å². The van der Waals surface area contributed by atoms with Crippen LogP contribution < -0.4 is 11.3 Å². The van der Waals surface area contributed by atoms with E-state index >= 15 is 0 Å². The van der Waals surface area contributed by atoms with Crippen molar-refractivity contribution in [3.05, 3.63) is 63.8 Å². The second-order valence-electron chi connectivity index (χ2n) is 6.49. The van der Waals surface area contributed by atoms with E-state index in [1.807, 2.05) is 0 Å². The molecule has 1 aromatic carbocycles. The van der Waals surface area contributed by atoms with Gasteiger partial charge in [0.05, 0.1) is 0 Å². The number of piperidine rings is 1. The molecule has 136 valence electrons. The lowest BCUT2D eigenvalue weighted by Crippen LogP contribution is -2.44. The predicted octanol–water partition coefficient (Wildman–Crippen LogP) is 1.62. The Labute approximate surface area is 150 Å². The smallest absolute Gasteiger partial charge is 0.268 e. The van der Waals surface area contributed by atoms with Gasteiger partial charge in [-0.15, -0.1) is 0 Å². The summed E-state index contributed by atoms with van der Waals surface area (Å²) in [6, 6.07) is 7.18. The number of pyridine rings is 1. The van der Waals surface area contributed by atoms with Gasteiger partial charge in [-0.3, -0.25) is 19.0 Å². The zero-order valence-corrected chi connectivity index (χ0v) is 14.4. The number of primary amides is 1. The van der Waals surface area contributed by atoms with Crippen molar-refractivity contribution in [3.63, 3.8) is 0 Å². The van der Waals surface area contributed by atoms with Crippen LogP contribution in [-0.2, 0) is 4.79 Å². The molecule has 2 amide bonds. The monoisotopic (exact) mass is 357 g/mol. The average Bonchev–Trinajstić information content (AvgIpc) is 2.63. The van der Waals surface area contributed by atoms with Gasteiger partial charge in [-0.05, 0) is 55.7 Å². The fourth-order valence-corrected chi connectivity index (χ4v) is 3.22. The molecule has 2 aromatic rings. The topological polar surface area (TPSA) is 85.4 Å². The molecule has 0 saturated carbocycles. The molecule has 1 saturated heterocycles. The number of carbonyl (C=O) groups excluding carboxylic acids is 2. The first-order valence-corrected chi connectivity index (χ1v) is 8.45. The molecule has 3 rings (SSSR count). The Kier molecular flexibility index (Phi) is 4.88. The average molecular weight is 357 g/mol. The molecule has 1 aliphatic rings. The van der Waals surface area contributed by atoms with Crippen LogP contribution in [-0.4, -0.2) is 34.4 Å². The van der Waals surface area contributed by atoms with Gasteiger partial charge in [-0.2, -0.15) is 0 Å². The lowest BCUT2D eigenvalue weighted by molar-refractivity contribution is -0.123. The molecule has 0 spiro atoms. The third-order valence-electron chi connectivity index (χ3n) is 4.80. The van der Waals surface area contributed by atoms with Crippen molar-refractivity contribution in [3.8, 4) is 5.69 Å². The summed E-state index contributed by atoms with van der Waals surface area (Å²) in [6.45, 7) is 2.48. The second kappa shape index (κ2) is 7.11. The fraction of sp³-hybridized carbons (Fsp3) is 0.316. The van der Waals surface area contributed by atoms with Crippen LogP contribution in [0.4, 0.5) is 4.39 Å². The molecule has 2 heterocycles. The van der Waals surface area contributed by atoms with Gasteiger partial charge in [0, 0.05) is 30.9 Å². The molecule has 2 N–H and O–H groups in total. The SMILES string of the molecule is Cc1ccn(-c2ccc(F)cc2)c(=O)c1C(=O)N1CCC(C(N)=O)CC1. The van der Waals surface area contributed by atoms with Crippen molar-refractivity contribution in [1.29, 1.82) is 0 Å². The quantitative estimate of drug-likeness (QED) is 0.906. The summed E-state index contributed by atoms with van der Waals surface area (Å²) in [5, 5.41) is 0. The molecular formula is C19H20FN3O3. The number of carbonyl (C=O) groups is 2. The summed E-state index contributed by atoms with van der Waals surface area (Å²) < 4.78 is 14.5. The van der Waals surface area contributed by atoms with Crippen LogP contribution in [0.2, 0.25) is 0 Å².